The zero-order valence-corrected chi connectivity index (χ0v) is 12.6. The number of nitrogens with zero attached hydrogens (tertiary/aromatic N) is 1. The molecule has 1 aliphatic rings. The molecule has 2 nitrogen and oxygen atoms in total. The van der Waals surface area contributed by atoms with E-state index in [0.717, 1.165) is 25.9 Å². The largest absolute Gasteiger partial charge is 0.342 e. The van der Waals surface area contributed by atoms with Gasteiger partial charge in [0.2, 0.25) is 5.91 Å². The number of carbonyl (C=O) groups is 1. The van der Waals surface area contributed by atoms with E-state index in [9.17, 15) is 4.79 Å². The van der Waals surface area contributed by atoms with Gasteiger partial charge in [-0.2, -0.15) is 0 Å². The zero-order valence-electron chi connectivity index (χ0n) is 12.6. The van der Waals surface area contributed by atoms with Crippen LogP contribution in [0.3, 0.4) is 0 Å². The lowest BCUT2D eigenvalue weighted by Gasteiger charge is -2.16. The molecule has 1 amide bonds. The molecule has 18 heavy (non-hydrogen) atoms. The lowest BCUT2D eigenvalue weighted by molar-refractivity contribution is -0.131. The van der Waals surface area contributed by atoms with Crippen molar-refractivity contribution in [3.05, 3.63) is 0 Å². The molecule has 1 heterocycles. The molecule has 0 bridgehead atoms. The molecule has 0 spiro atoms. The number of carbonyl (C=O) groups excluding carboxylic acids is 1. The first-order valence-electron chi connectivity index (χ1n) is 8.03. The zero-order chi connectivity index (χ0) is 13.4. The van der Waals surface area contributed by atoms with Crippen molar-refractivity contribution in [3.8, 4) is 0 Å². The predicted molar refractivity (Wildman–Crippen MR) is 77.5 cm³/mol. The standard InChI is InChI=1S/C16H31NO/c1-4-7-8-9-10-11-12-17-13-14(5-2)15(6-3)16(17)18/h14-15H,4-13H2,1-3H3. The Balaban J connectivity index is 2.20. The normalized spacial score (nSPS) is 23.9. The summed E-state index contributed by atoms with van der Waals surface area (Å²) >= 11 is 0. The fourth-order valence-electron chi connectivity index (χ4n) is 3.14. The van der Waals surface area contributed by atoms with E-state index in [1.807, 2.05) is 0 Å². The molecule has 0 aromatic carbocycles. The van der Waals surface area contributed by atoms with Crippen molar-refractivity contribution in [2.75, 3.05) is 13.1 Å². The maximum Gasteiger partial charge on any atom is 0.226 e. The average Bonchev–Trinajstić information content (AvgIpc) is 2.69. The fraction of sp³-hybridized carbons (Fsp3) is 0.938. The Morgan fingerprint density at radius 1 is 1.00 bits per heavy atom. The Hall–Kier alpha value is -0.530. The SMILES string of the molecule is CCCCCCCCN1CC(CC)C(CC)C1=O. The Morgan fingerprint density at radius 2 is 1.67 bits per heavy atom. The van der Waals surface area contributed by atoms with Crippen molar-refractivity contribution >= 4 is 5.91 Å². The summed E-state index contributed by atoms with van der Waals surface area (Å²) in [7, 11) is 0. The van der Waals surface area contributed by atoms with Crippen LogP contribution in [0, 0.1) is 11.8 Å². The second kappa shape index (κ2) is 8.55. The van der Waals surface area contributed by atoms with Gasteiger partial charge in [-0.05, 0) is 18.8 Å². The molecule has 1 saturated heterocycles. The van der Waals surface area contributed by atoms with Gasteiger partial charge in [-0.25, -0.2) is 0 Å². The van der Waals surface area contributed by atoms with E-state index in [0.29, 0.717) is 17.7 Å². The third-order valence-corrected chi connectivity index (χ3v) is 4.40. The minimum Gasteiger partial charge on any atom is -0.342 e. The first-order valence-corrected chi connectivity index (χ1v) is 8.03. The number of hydrogen-bond donors (Lipinski definition) is 0. The highest BCUT2D eigenvalue weighted by atomic mass is 16.2. The molecule has 0 aromatic rings. The lowest BCUT2D eigenvalue weighted by atomic mass is 9.91. The summed E-state index contributed by atoms with van der Waals surface area (Å²) in [4.78, 5) is 14.3. The van der Waals surface area contributed by atoms with Crippen LogP contribution < -0.4 is 0 Å². The van der Waals surface area contributed by atoms with Crippen molar-refractivity contribution in [1.29, 1.82) is 0 Å². The van der Waals surface area contributed by atoms with Crippen LogP contribution in [0.15, 0.2) is 0 Å². The van der Waals surface area contributed by atoms with E-state index in [1.54, 1.807) is 0 Å². The van der Waals surface area contributed by atoms with Gasteiger partial charge in [0.15, 0.2) is 0 Å². The van der Waals surface area contributed by atoms with Crippen molar-refractivity contribution < 1.29 is 4.79 Å². The van der Waals surface area contributed by atoms with E-state index in [1.165, 1.54) is 38.5 Å². The molecule has 2 heteroatoms. The molecular formula is C16H31NO. The van der Waals surface area contributed by atoms with Gasteiger partial charge >= 0.3 is 0 Å². The van der Waals surface area contributed by atoms with Crippen LogP contribution in [0.2, 0.25) is 0 Å². The molecule has 106 valence electrons. The van der Waals surface area contributed by atoms with Gasteiger partial charge in [0.05, 0.1) is 0 Å². The van der Waals surface area contributed by atoms with E-state index in [2.05, 4.69) is 25.7 Å². The second-order valence-corrected chi connectivity index (χ2v) is 5.74. The topological polar surface area (TPSA) is 20.3 Å². The summed E-state index contributed by atoms with van der Waals surface area (Å²) in [5, 5.41) is 0. The monoisotopic (exact) mass is 253 g/mol. The Kier molecular flexibility index (Phi) is 7.38. The van der Waals surface area contributed by atoms with Gasteiger partial charge in [-0.1, -0.05) is 59.3 Å². The highest BCUT2D eigenvalue weighted by molar-refractivity contribution is 5.81. The van der Waals surface area contributed by atoms with Gasteiger partial charge in [0, 0.05) is 19.0 Å². The van der Waals surface area contributed by atoms with Crippen molar-refractivity contribution in [1.82, 2.24) is 4.90 Å². The average molecular weight is 253 g/mol. The molecule has 0 saturated carbocycles. The molecular weight excluding hydrogens is 222 g/mol. The molecule has 1 fully saturated rings. The van der Waals surface area contributed by atoms with Gasteiger partial charge in [0.1, 0.15) is 0 Å². The van der Waals surface area contributed by atoms with Crippen LogP contribution in [0.5, 0.6) is 0 Å². The number of hydrogen-bond acceptors (Lipinski definition) is 1. The van der Waals surface area contributed by atoms with Crippen LogP contribution in [0.4, 0.5) is 0 Å². The third kappa shape index (κ3) is 4.29. The Morgan fingerprint density at radius 3 is 2.22 bits per heavy atom. The highest BCUT2D eigenvalue weighted by Crippen LogP contribution is 2.29. The number of likely N-dealkylation sites (tertiary alicyclic amines) is 1. The molecule has 0 aliphatic carbocycles. The van der Waals surface area contributed by atoms with Crippen molar-refractivity contribution in [3.63, 3.8) is 0 Å². The number of unbranched alkanes of at least 4 members (excludes halogenated alkanes) is 5. The smallest absolute Gasteiger partial charge is 0.226 e. The Labute approximate surface area is 113 Å². The molecule has 1 aliphatic heterocycles. The van der Waals surface area contributed by atoms with Gasteiger partial charge < -0.3 is 4.90 Å². The summed E-state index contributed by atoms with van der Waals surface area (Å²) in [5.74, 6) is 1.36. The quantitative estimate of drug-likeness (QED) is 0.563. The second-order valence-electron chi connectivity index (χ2n) is 5.74. The molecule has 1 rings (SSSR count). The first kappa shape index (κ1) is 15.5. The van der Waals surface area contributed by atoms with Crippen LogP contribution in [-0.4, -0.2) is 23.9 Å². The number of amides is 1. The summed E-state index contributed by atoms with van der Waals surface area (Å²) in [6.45, 7) is 8.63. The minimum absolute atomic E-state index is 0.315. The summed E-state index contributed by atoms with van der Waals surface area (Å²) < 4.78 is 0. The van der Waals surface area contributed by atoms with E-state index < -0.39 is 0 Å². The summed E-state index contributed by atoms with van der Waals surface area (Å²) in [5.41, 5.74) is 0. The fourth-order valence-corrected chi connectivity index (χ4v) is 3.14. The van der Waals surface area contributed by atoms with Gasteiger partial charge in [0.25, 0.3) is 0 Å². The van der Waals surface area contributed by atoms with Crippen molar-refractivity contribution in [2.45, 2.75) is 72.1 Å². The summed E-state index contributed by atoms with van der Waals surface area (Å²) in [6.07, 6.45) is 10.0. The van der Waals surface area contributed by atoms with Crippen LogP contribution in [-0.2, 0) is 4.79 Å². The number of rotatable bonds is 9. The van der Waals surface area contributed by atoms with Crippen molar-refractivity contribution in [2.24, 2.45) is 11.8 Å². The minimum atomic E-state index is 0.315. The molecule has 0 N–H and O–H groups in total. The Bertz CT molecular complexity index is 239. The maximum atomic E-state index is 12.2. The summed E-state index contributed by atoms with van der Waals surface area (Å²) in [6, 6.07) is 0. The van der Waals surface area contributed by atoms with E-state index in [-0.39, 0.29) is 0 Å². The first-order chi connectivity index (χ1) is 8.74. The maximum absolute atomic E-state index is 12.2. The highest BCUT2D eigenvalue weighted by Gasteiger charge is 2.37. The third-order valence-electron chi connectivity index (χ3n) is 4.40. The van der Waals surface area contributed by atoms with Gasteiger partial charge in [-0.3, -0.25) is 4.79 Å². The molecule has 0 aromatic heterocycles. The molecule has 2 atom stereocenters. The van der Waals surface area contributed by atoms with Crippen LogP contribution in [0.1, 0.15) is 72.1 Å². The van der Waals surface area contributed by atoms with Gasteiger partial charge in [-0.15, -0.1) is 0 Å². The van der Waals surface area contributed by atoms with Crippen LogP contribution in [0.25, 0.3) is 0 Å². The van der Waals surface area contributed by atoms with E-state index >= 15 is 0 Å². The lowest BCUT2D eigenvalue weighted by Crippen LogP contribution is -2.28. The van der Waals surface area contributed by atoms with Crippen LogP contribution >= 0.6 is 0 Å². The predicted octanol–water partition coefficient (Wildman–Crippen LogP) is 4.24. The molecule has 2 unspecified atom stereocenters. The van der Waals surface area contributed by atoms with E-state index in [4.69, 9.17) is 0 Å². The molecule has 0 radical (unpaired) electrons.